The number of hydrogen-bond acceptors (Lipinski definition) is 5. The van der Waals surface area contributed by atoms with Gasteiger partial charge >= 0.3 is 0 Å². The molecule has 3 rings (SSSR count). The average Bonchev–Trinajstić information content (AvgIpc) is 2.95. The summed E-state index contributed by atoms with van der Waals surface area (Å²) < 4.78 is 61.8. The first-order valence-electron chi connectivity index (χ1n) is 12.7. The van der Waals surface area contributed by atoms with Gasteiger partial charge in [-0.25, -0.2) is 17.2 Å². The lowest BCUT2D eigenvalue weighted by molar-refractivity contribution is -0.139. The molecule has 3 aromatic carbocycles. The number of halogens is 2. The molecule has 2 atom stereocenters. The van der Waals surface area contributed by atoms with E-state index in [9.17, 15) is 26.8 Å². The van der Waals surface area contributed by atoms with Gasteiger partial charge in [-0.15, -0.1) is 0 Å². The molecule has 1 N–H and O–H groups in total. The lowest BCUT2D eigenvalue weighted by Crippen LogP contribution is -2.52. The summed E-state index contributed by atoms with van der Waals surface area (Å²) in [7, 11) is -2.90. The Hall–Kier alpha value is -3.99. The molecule has 0 aliphatic rings. The molecule has 0 bridgehead atoms. The highest BCUT2D eigenvalue weighted by Crippen LogP contribution is 2.26. The van der Waals surface area contributed by atoms with Crippen molar-refractivity contribution >= 4 is 27.5 Å². The largest absolute Gasteiger partial charge is 0.497 e. The maximum Gasteiger partial charge on any atom is 0.264 e. The molecule has 0 heterocycles. The molecule has 3 aromatic rings. The monoisotopic (exact) mass is 573 g/mol. The molecule has 40 heavy (non-hydrogen) atoms. The predicted octanol–water partition coefficient (Wildman–Crippen LogP) is 4.50. The Balaban J connectivity index is 2.03. The summed E-state index contributed by atoms with van der Waals surface area (Å²) >= 11 is 0. The second-order valence-corrected chi connectivity index (χ2v) is 11.1. The van der Waals surface area contributed by atoms with Gasteiger partial charge in [-0.1, -0.05) is 25.1 Å². The number of sulfonamides is 1. The Morgan fingerprint density at radius 1 is 0.950 bits per heavy atom. The number of methoxy groups -OCH3 is 1. The minimum absolute atomic E-state index is 0.0353. The standard InChI is InChI=1S/C29H33F2N3O5S/c1-5-20(2)32-29(36)21(3)33(18-22-8-6-7-9-27(22)31)28(35)19-34(24-12-10-23(30)11-13-24)40(37,38)26-16-14-25(39-4)15-17-26/h6-17,20-21H,5,18-19H2,1-4H3,(H,32,36). The van der Waals surface area contributed by atoms with Gasteiger partial charge in [0.2, 0.25) is 11.8 Å². The van der Waals surface area contributed by atoms with Crippen LogP contribution >= 0.6 is 0 Å². The Labute approximate surface area is 233 Å². The van der Waals surface area contributed by atoms with E-state index >= 15 is 0 Å². The van der Waals surface area contributed by atoms with Gasteiger partial charge in [0.25, 0.3) is 10.0 Å². The minimum Gasteiger partial charge on any atom is -0.497 e. The fourth-order valence-electron chi connectivity index (χ4n) is 3.87. The lowest BCUT2D eigenvalue weighted by Gasteiger charge is -2.32. The second-order valence-electron chi connectivity index (χ2n) is 9.27. The fourth-order valence-corrected chi connectivity index (χ4v) is 5.28. The Bertz CT molecular complexity index is 1420. The molecule has 0 aliphatic heterocycles. The first kappa shape index (κ1) is 30.6. The van der Waals surface area contributed by atoms with Crippen LogP contribution in [0, 0.1) is 11.6 Å². The van der Waals surface area contributed by atoms with E-state index in [1.807, 2.05) is 13.8 Å². The van der Waals surface area contributed by atoms with Gasteiger partial charge in [0.05, 0.1) is 17.7 Å². The third-order valence-corrected chi connectivity index (χ3v) is 8.30. The number of carbonyl (C=O) groups is 2. The number of nitrogens with zero attached hydrogens (tertiary/aromatic N) is 2. The van der Waals surface area contributed by atoms with Crippen molar-refractivity contribution in [3.63, 3.8) is 0 Å². The van der Waals surface area contributed by atoms with Crippen molar-refractivity contribution in [1.82, 2.24) is 10.2 Å². The molecule has 0 saturated carbocycles. The van der Waals surface area contributed by atoms with Crippen LogP contribution in [0.4, 0.5) is 14.5 Å². The second kappa shape index (κ2) is 13.4. The zero-order valence-electron chi connectivity index (χ0n) is 22.8. The van der Waals surface area contributed by atoms with Crippen LogP contribution in [0.3, 0.4) is 0 Å². The number of carbonyl (C=O) groups excluding carboxylic acids is 2. The summed E-state index contributed by atoms with van der Waals surface area (Å²) in [4.78, 5) is 27.8. The van der Waals surface area contributed by atoms with Crippen molar-refractivity contribution < 1.29 is 31.5 Å². The number of amides is 2. The summed E-state index contributed by atoms with van der Waals surface area (Å²) in [6.45, 7) is 4.19. The third kappa shape index (κ3) is 7.35. The molecule has 0 aliphatic carbocycles. The van der Waals surface area contributed by atoms with Crippen LogP contribution < -0.4 is 14.4 Å². The van der Waals surface area contributed by atoms with Gasteiger partial charge in [0.15, 0.2) is 0 Å². The molecule has 11 heteroatoms. The number of rotatable bonds is 12. The number of nitrogens with one attached hydrogen (secondary N) is 1. The van der Waals surface area contributed by atoms with Crippen LogP contribution in [0.2, 0.25) is 0 Å². The lowest BCUT2D eigenvalue weighted by atomic mass is 10.1. The van der Waals surface area contributed by atoms with Crippen molar-refractivity contribution in [3.05, 3.63) is 90.0 Å². The number of benzene rings is 3. The number of anilines is 1. The highest BCUT2D eigenvalue weighted by Gasteiger charge is 2.33. The molecule has 0 fully saturated rings. The van der Waals surface area contributed by atoms with Gasteiger partial charge in [0, 0.05) is 18.2 Å². The molecular formula is C29H33F2N3O5S. The van der Waals surface area contributed by atoms with Crippen molar-refractivity contribution in [3.8, 4) is 5.75 Å². The first-order valence-corrected chi connectivity index (χ1v) is 14.2. The summed E-state index contributed by atoms with van der Waals surface area (Å²) in [6, 6.07) is 14.8. The van der Waals surface area contributed by atoms with E-state index < -0.39 is 46.1 Å². The van der Waals surface area contributed by atoms with E-state index in [-0.39, 0.29) is 28.7 Å². The number of hydrogen-bond donors (Lipinski definition) is 1. The third-order valence-electron chi connectivity index (χ3n) is 6.51. The van der Waals surface area contributed by atoms with E-state index in [0.29, 0.717) is 12.2 Å². The van der Waals surface area contributed by atoms with Crippen LogP contribution in [0.1, 0.15) is 32.8 Å². The van der Waals surface area contributed by atoms with Crippen LogP contribution in [0.15, 0.2) is 77.7 Å². The average molecular weight is 574 g/mol. The van der Waals surface area contributed by atoms with E-state index in [1.165, 1.54) is 68.6 Å². The summed E-state index contributed by atoms with van der Waals surface area (Å²) in [5, 5.41) is 2.81. The fraction of sp³-hybridized carbons (Fsp3) is 0.310. The van der Waals surface area contributed by atoms with Crippen molar-refractivity contribution in [2.75, 3.05) is 18.0 Å². The summed E-state index contributed by atoms with van der Waals surface area (Å²) in [6.07, 6.45) is 0.651. The topological polar surface area (TPSA) is 96.0 Å². The van der Waals surface area contributed by atoms with Gasteiger partial charge < -0.3 is 15.0 Å². The molecule has 2 unspecified atom stereocenters. The Morgan fingerprint density at radius 3 is 2.15 bits per heavy atom. The maximum absolute atomic E-state index is 14.6. The quantitative estimate of drug-likeness (QED) is 0.344. The van der Waals surface area contributed by atoms with Gasteiger partial charge in [-0.2, -0.15) is 0 Å². The Morgan fingerprint density at radius 2 is 1.57 bits per heavy atom. The zero-order valence-corrected chi connectivity index (χ0v) is 23.6. The molecule has 8 nitrogen and oxygen atoms in total. The highest BCUT2D eigenvalue weighted by molar-refractivity contribution is 7.92. The molecule has 0 saturated heterocycles. The normalized spacial score (nSPS) is 12.8. The first-order chi connectivity index (χ1) is 19.0. The van der Waals surface area contributed by atoms with Crippen LogP contribution in [0.25, 0.3) is 0 Å². The summed E-state index contributed by atoms with van der Waals surface area (Å²) in [5.74, 6) is -1.95. The minimum atomic E-state index is -4.34. The number of ether oxygens (including phenoxy) is 1. The highest BCUT2D eigenvalue weighted by atomic mass is 32.2. The van der Waals surface area contributed by atoms with E-state index in [1.54, 1.807) is 6.07 Å². The zero-order chi connectivity index (χ0) is 29.4. The van der Waals surface area contributed by atoms with Crippen LogP contribution in [-0.4, -0.2) is 50.9 Å². The van der Waals surface area contributed by atoms with E-state index in [2.05, 4.69) is 5.32 Å². The van der Waals surface area contributed by atoms with Gasteiger partial charge in [-0.05, 0) is 74.9 Å². The molecule has 0 aromatic heterocycles. The predicted molar refractivity (Wildman–Crippen MR) is 148 cm³/mol. The molecular weight excluding hydrogens is 540 g/mol. The van der Waals surface area contributed by atoms with E-state index in [0.717, 1.165) is 21.3 Å². The van der Waals surface area contributed by atoms with E-state index in [4.69, 9.17) is 4.74 Å². The molecule has 214 valence electrons. The van der Waals surface area contributed by atoms with Gasteiger partial charge in [-0.3, -0.25) is 13.9 Å². The van der Waals surface area contributed by atoms with Crippen molar-refractivity contribution in [2.24, 2.45) is 0 Å². The van der Waals surface area contributed by atoms with Gasteiger partial charge in [0.1, 0.15) is 30.0 Å². The molecule has 2 amide bonds. The molecule has 0 spiro atoms. The van der Waals surface area contributed by atoms with Crippen LogP contribution in [0.5, 0.6) is 5.75 Å². The summed E-state index contributed by atoms with van der Waals surface area (Å²) in [5.41, 5.74) is 0.193. The maximum atomic E-state index is 14.6. The Kier molecular flexibility index (Phi) is 10.2. The van der Waals surface area contributed by atoms with Crippen LogP contribution in [-0.2, 0) is 26.2 Å². The van der Waals surface area contributed by atoms with Crippen molar-refractivity contribution in [2.45, 2.75) is 50.7 Å². The molecule has 0 radical (unpaired) electrons. The van der Waals surface area contributed by atoms with Crippen molar-refractivity contribution in [1.29, 1.82) is 0 Å². The smallest absolute Gasteiger partial charge is 0.264 e. The SMILES string of the molecule is CCC(C)NC(=O)C(C)N(Cc1ccccc1F)C(=O)CN(c1ccc(F)cc1)S(=O)(=O)c1ccc(OC)cc1.